The Kier molecular flexibility index (Phi) is 4.34. The second kappa shape index (κ2) is 6.57. The molecule has 0 radical (unpaired) electrons. The van der Waals surface area contributed by atoms with Gasteiger partial charge in [-0.15, -0.1) is 0 Å². The van der Waals surface area contributed by atoms with Gasteiger partial charge in [-0.3, -0.25) is 0 Å². The SMILES string of the molecule is CCc1cnc(NC[C@@H]2CCN(c3ccccc3)C2)nc1. The lowest BCUT2D eigenvalue weighted by atomic mass is 10.1. The Labute approximate surface area is 126 Å². The van der Waals surface area contributed by atoms with Crippen molar-refractivity contribution in [3.8, 4) is 0 Å². The number of anilines is 2. The van der Waals surface area contributed by atoms with Crippen molar-refractivity contribution < 1.29 is 0 Å². The molecule has 2 heterocycles. The minimum absolute atomic E-state index is 0.652. The third-order valence-corrected chi connectivity index (χ3v) is 4.07. The largest absolute Gasteiger partial charge is 0.371 e. The topological polar surface area (TPSA) is 41.1 Å². The lowest BCUT2D eigenvalue weighted by molar-refractivity contribution is 0.619. The minimum Gasteiger partial charge on any atom is -0.371 e. The van der Waals surface area contributed by atoms with Gasteiger partial charge in [-0.05, 0) is 36.5 Å². The predicted octanol–water partition coefficient (Wildman–Crippen LogP) is 2.98. The van der Waals surface area contributed by atoms with Crippen LogP contribution in [0.3, 0.4) is 0 Å². The number of hydrogen-bond donors (Lipinski definition) is 1. The standard InChI is InChI=1S/C17H22N4/c1-2-14-10-18-17(19-11-14)20-12-15-8-9-21(13-15)16-6-4-3-5-7-16/h3-7,10-11,15H,2,8-9,12-13H2,1H3,(H,18,19,20)/t15-/m0/s1. The van der Waals surface area contributed by atoms with Crippen LogP contribution in [0.5, 0.6) is 0 Å². The van der Waals surface area contributed by atoms with E-state index in [0.717, 1.165) is 32.0 Å². The molecule has 1 aliphatic heterocycles. The van der Waals surface area contributed by atoms with Crippen LogP contribution in [0.1, 0.15) is 18.9 Å². The summed E-state index contributed by atoms with van der Waals surface area (Å²) in [4.78, 5) is 11.2. The maximum atomic E-state index is 4.35. The molecule has 1 aromatic heterocycles. The maximum absolute atomic E-state index is 4.35. The molecule has 110 valence electrons. The van der Waals surface area contributed by atoms with E-state index in [4.69, 9.17) is 0 Å². The van der Waals surface area contributed by atoms with Crippen LogP contribution in [-0.2, 0) is 6.42 Å². The van der Waals surface area contributed by atoms with E-state index in [1.807, 2.05) is 12.4 Å². The third-order valence-electron chi connectivity index (χ3n) is 4.07. The van der Waals surface area contributed by atoms with Gasteiger partial charge in [0.1, 0.15) is 0 Å². The highest BCUT2D eigenvalue weighted by Gasteiger charge is 2.22. The first-order chi connectivity index (χ1) is 10.3. The second-order valence-electron chi connectivity index (χ2n) is 5.59. The van der Waals surface area contributed by atoms with Crippen LogP contribution in [0.25, 0.3) is 0 Å². The zero-order valence-electron chi connectivity index (χ0n) is 12.5. The molecule has 2 aromatic rings. The Morgan fingerprint density at radius 1 is 1.19 bits per heavy atom. The zero-order chi connectivity index (χ0) is 14.5. The van der Waals surface area contributed by atoms with E-state index in [-0.39, 0.29) is 0 Å². The van der Waals surface area contributed by atoms with Crippen molar-refractivity contribution >= 4 is 11.6 Å². The average molecular weight is 282 g/mol. The molecule has 3 rings (SSSR count). The molecule has 4 nitrogen and oxygen atoms in total. The van der Waals surface area contributed by atoms with Crippen molar-refractivity contribution in [2.75, 3.05) is 29.9 Å². The molecule has 0 spiro atoms. The minimum atomic E-state index is 0.652. The first-order valence-electron chi connectivity index (χ1n) is 7.70. The van der Waals surface area contributed by atoms with E-state index in [2.05, 4.69) is 57.4 Å². The molecule has 1 aliphatic rings. The van der Waals surface area contributed by atoms with Crippen LogP contribution < -0.4 is 10.2 Å². The van der Waals surface area contributed by atoms with E-state index in [9.17, 15) is 0 Å². The number of aromatic nitrogens is 2. The molecule has 4 heteroatoms. The Bertz CT molecular complexity index is 553. The fraction of sp³-hybridized carbons (Fsp3) is 0.412. The van der Waals surface area contributed by atoms with Gasteiger partial charge in [0.15, 0.2) is 0 Å². The molecular weight excluding hydrogens is 260 g/mol. The fourth-order valence-corrected chi connectivity index (χ4v) is 2.74. The normalized spacial score (nSPS) is 18.0. The Morgan fingerprint density at radius 3 is 2.67 bits per heavy atom. The number of para-hydroxylation sites is 1. The maximum Gasteiger partial charge on any atom is 0.222 e. The van der Waals surface area contributed by atoms with Gasteiger partial charge < -0.3 is 10.2 Å². The van der Waals surface area contributed by atoms with Gasteiger partial charge in [0.25, 0.3) is 0 Å². The lowest BCUT2D eigenvalue weighted by Crippen LogP contribution is -2.22. The third kappa shape index (κ3) is 3.51. The molecule has 1 saturated heterocycles. The predicted molar refractivity (Wildman–Crippen MR) is 86.7 cm³/mol. The van der Waals surface area contributed by atoms with Crippen molar-refractivity contribution in [3.63, 3.8) is 0 Å². The van der Waals surface area contributed by atoms with Gasteiger partial charge in [-0.2, -0.15) is 0 Å². The Morgan fingerprint density at radius 2 is 1.95 bits per heavy atom. The van der Waals surface area contributed by atoms with Gasteiger partial charge in [0.2, 0.25) is 5.95 Å². The van der Waals surface area contributed by atoms with E-state index in [1.165, 1.54) is 17.7 Å². The summed E-state index contributed by atoms with van der Waals surface area (Å²) >= 11 is 0. The summed E-state index contributed by atoms with van der Waals surface area (Å²) in [6, 6.07) is 10.6. The van der Waals surface area contributed by atoms with Crippen molar-refractivity contribution in [2.45, 2.75) is 19.8 Å². The van der Waals surface area contributed by atoms with E-state index in [0.29, 0.717) is 5.92 Å². The molecule has 1 fully saturated rings. The van der Waals surface area contributed by atoms with Gasteiger partial charge >= 0.3 is 0 Å². The van der Waals surface area contributed by atoms with Crippen LogP contribution in [0.4, 0.5) is 11.6 Å². The van der Waals surface area contributed by atoms with Crippen molar-refractivity contribution in [3.05, 3.63) is 48.3 Å². The van der Waals surface area contributed by atoms with Gasteiger partial charge in [0.05, 0.1) is 0 Å². The highest BCUT2D eigenvalue weighted by Crippen LogP contribution is 2.23. The molecule has 0 bridgehead atoms. The summed E-state index contributed by atoms with van der Waals surface area (Å²) in [5.41, 5.74) is 2.50. The highest BCUT2D eigenvalue weighted by molar-refractivity contribution is 5.47. The van der Waals surface area contributed by atoms with E-state index in [1.54, 1.807) is 0 Å². The quantitative estimate of drug-likeness (QED) is 0.915. The number of hydrogen-bond acceptors (Lipinski definition) is 4. The molecule has 21 heavy (non-hydrogen) atoms. The van der Waals surface area contributed by atoms with Gasteiger partial charge in [0, 0.05) is 37.7 Å². The molecule has 0 amide bonds. The molecule has 1 N–H and O–H groups in total. The first-order valence-corrected chi connectivity index (χ1v) is 7.70. The monoisotopic (exact) mass is 282 g/mol. The molecule has 0 saturated carbocycles. The highest BCUT2D eigenvalue weighted by atomic mass is 15.2. The van der Waals surface area contributed by atoms with Crippen LogP contribution in [0.2, 0.25) is 0 Å². The average Bonchev–Trinajstić information content (AvgIpc) is 3.03. The summed E-state index contributed by atoms with van der Waals surface area (Å²) in [5, 5.41) is 3.36. The van der Waals surface area contributed by atoms with Gasteiger partial charge in [-0.25, -0.2) is 9.97 Å². The Balaban J connectivity index is 1.50. The Hall–Kier alpha value is -2.10. The summed E-state index contributed by atoms with van der Waals surface area (Å²) < 4.78 is 0. The first kappa shape index (κ1) is 13.9. The lowest BCUT2D eigenvalue weighted by Gasteiger charge is -2.18. The molecule has 0 unspecified atom stereocenters. The summed E-state index contributed by atoms with van der Waals surface area (Å²) in [7, 11) is 0. The summed E-state index contributed by atoms with van der Waals surface area (Å²) in [6.07, 6.45) is 6.00. The van der Waals surface area contributed by atoms with E-state index < -0.39 is 0 Å². The van der Waals surface area contributed by atoms with E-state index >= 15 is 0 Å². The van der Waals surface area contributed by atoms with Crippen LogP contribution in [-0.4, -0.2) is 29.6 Å². The molecule has 0 aliphatic carbocycles. The number of rotatable bonds is 5. The van der Waals surface area contributed by atoms with Crippen LogP contribution >= 0.6 is 0 Å². The van der Waals surface area contributed by atoms with Crippen molar-refractivity contribution in [1.82, 2.24) is 9.97 Å². The summed E-state index contributed by atoms with van der Waals surface area (Å²) in [6.45, 7) is 5.29. The number of nitrogens with zero attached hydrogens (tertiary/aromatic N) is 3. The van der Waals surface area contributed by atoms with Crippen LogP contribution in [0, 0.1) is 5.92 Å². The molecule has 1 atom stereocenters. The van der Waals surface area contributed by atoms with Crippen molar-refractivity contribution in [2.24, 2.45) is 5.92 Å². The van der Waals surface area contributed by atoms with Crippen LogP contribution in [0.15, 0.2) is 42.7 Å². The second-order valence-corrected chi connectivity index (χ2v) is 5.59. The van der Waals surface area contributed by atoms with Gasteiger partial charge in [-0.1, -0.05) is 25.1 Å². The molecule has 1 aromatic carbocycles. The zero-order valence-corrected chi connectivity index (χ0v) is 12.5. The molecular formula is C17H22N4. The number of aryl methyl sites for hydroxylation is 1. The fourth-order valence-electron chi connectivity index (χ4n) is 2.74. The number of benzene rings is 1. The smallest absolute Gasteiger partial charge is 0.222 e. The van der Waals surface area contributed by atoms with Crippen molar-refractivity contribution in [1.29, 1.82) is 0 Å². The summed E-state index contributed by atoms with van der Waals surface area (Å²) in [5.74, 6) is 1.39. The number of nitrogens with one attached hydrogen (secondary N) is 1.